The number of hydrogen-bond acceptors (Lipinski definition) is 4. The zero-order chi connectivity index (χ0) is 17.1. The Morgan fingerprint density at radius 2 is 1.88 bits per heavy atom. The van der Waals surface area contributed by atoms with Crippen LogP contribution in [0.4, 0.5) is 0 Å². The molecular weight excluding hydrogens is 308 g/mol. The van der Waals surface area contributed by atoms with Crippen molar-refractivity contribution in [2.75, 3.05) is 0 Å². The highest BCUT2D eigenvalue weighted by molar-refractivity contribution is 5.69. The molecule has 2 aromatic heterocycles. The van der Waals surface area contributed by atoms with Gasteiger partial charge in [-0.3, -0.25) is 13.9 Å². The molecule has 0 radical (unpaired) electrons. The minimum Gasteiger partial charge on any atom is -0.390 e. The summed E-state index contributed by atoms with van der Waals surface area (Å²) in [6, 6.07) is 0. The molecule has 0 spiro atoms. The average molecular weight is 332 g/mol. The number of aryl methyl sites for hydroxylation is 2. The smallest absolute Gasteiger partial charge is 0.332 e. The van der Waals surface area contributed by atoms with Crippen LogP contribution < -0.4 is 11.2 Å². The molecule has 0 amide bonds. The molecule has 2 heterocycles. The standard InChI is InChI=1S/C17H24N4O3/c1-19-10-18-14-13(19)15(22)21(16(23)20(14)2)9-11-3-5-12(6-4-11)17(24)7-8-17/h10-12,24H,3-9H2,1-2H3/t11-,12-. The van der Waals surface area contributed by atoms with E-state index < -0.39 is 5.60 Å². The maximum Gasteiger partial charge on any atom is 0.332 e. The maximum atomic E-state index is 12.7. The van der Waals surface area contributed by atoms with E-state index in [0.29, 0.717) is 29.5 Å². The van der Waals surface area contributed by atoms with Crippen LogP contribution in [0.1, 0.15) is 38.5 Å². The van der Waals surface area contributed by atoms with Crippen molar-refractivity contribution < 1.29 is 5.11 Å². The van der Waals surface area contributed by atoms with Gasteiger partial charge in [-0.1, -0.05) is 0 Å². The monoisotopic (exact) mass is 332 g/mol. The zero-order valence-electron chi connectivity index (χ0n) is 14.2. The van der Waals surface area contributed by atoms with E-state index in [1.54, 1.807) is 25.0 Å². The second-order valence-electron chi connectivity index (χ2n) is 7.61. The van der Waals surface area contributed by atoms with Gasteiger partial charge in [0.2, 0.25) is 0 Å². The Bertz CT molecular complexity index is 895. The summed E-state index contributed by atoms with van der Waals surface area (Å²) in [5.74, 6) is 0.715. The number of imidazole rings is 1. The van der Waals surface area contributed by atoms with Crippen LogP contribution in [0.25, 0.3) is 11.2 Å². The molecule has 2 aliphatic carbocycles. The van der Waals surface area contributed by atoms with Gasteiger partial charge >= 0.3 is 5.69 Å². The molecule has 7 nitrogen and oxygen atoms in total. The minimum absolute atomic E-state index is 0.254. The van der Waals surface area contributed by atoms with Crippen LogP contribution in [-0.4, -0.2) is 29.4 Å². The number of rotatable bonds is 3. The summed E-state index contributed by atoms with van der Waals surface area (Å²) in [7, 11) is 3.43. The highest BCUT2D eigenvalue weighted by Crippen LogP contribution is 2.48. The van der Waals surface area contributed by atoms with Gasteiger partial charge in [-0.2, -0.15) is 0 Å². The van der Waals surface area contributed by atoms with Gasteiger partial charge < -0.3 is 9.67 Å². The highest BCUT2D eigenvalue weighted by Gasteiger charge is 2.48. The summed E-state index contributed by atoms with van der Waals surface area (Å²) >= 11 is 0. The summed E-state index contributed by atoms with van der Waals surface area (Å²) in [6.07, 6.45) is 7.34. The van der Waals surface area contributed by atoms with E-state index in [2.05, 4.69) is 4.98 Å². The number of nitrogens with zero attached hydrogens (tertiary/aromatic N) is 4. The van der Waals surface area contributed by atoms with Crippen LogP contribution in [0.5, 0.6) is 0 Å². The first kappa shape index (κ1) is 15.6. The van der Waals surface area contributed by atoms with Gasteiger partial charge in [-0.15, -0.1) is 0 Å². The molecule has 7 heteroatoms. The van der Waals surface area contributed by atoms with Crippen molar-refractivity contribution in [1.29, 1.82) is 0 Å². The molecule has 2 fully saturated rings. The molecule has 0 saturated heterocycles. The summed E-state index contributed by atoms with van der Waals surface area (Å²) < 4.78 is 4.49. The largest absolute Gasteiger partial charge is 0.390 e. The average Bonchev–Trinajstić information content (AvgIpc) is 3.20. The van der Waals surface area contributed by atoms with E-state index in [9.17, 15) is 14.7 Å². The maximum absolute atomic E-state index is 12.7. The van der Waals surface area contributed by atoms with Crippen LogP contribution >= 0.6 is 0 Å². The Kier molecular flexibility index (Phi) is 3.46. The molecule has 2 saturated carbocycles. The SMILES string of the molecule is Cn1cnc2c1c(=O)n(C[C@H]1CC[C@H](C3(O)CC3)CC1)c(=O)n2C. The van der Waals surface area contributed by atoms with Gasteiger partial charge in [-0.05, 0) is 50.4 Å². The van der Waals surface area contributed by atoms with E-state index >= 15 is 0 Å². The lowest BCUT2D eigenvalue weighted by atomic mass is 9.78. The Balaban J connectivity index is 1.60. The first-order valence-corrected chi connectivity index (χ1v) is 8.74. The van der Waals surface area contributed by atoms with Gasteiger partial charge in [0.05, 0.1) is 11.9 Å². The molecule has 0 aromatic carbocycles. The minimum atomic E-state index is -0.411. The Labute approximate surface area is 139 Å². The van der Waals surface area contributed by atoms with Crippen molar-refractivity contribution in [1.82, 2.24) is 18.7 Å². The lowest BCUT2D eigenvalue weighted by Crippen LogP contribution is -2.41. The zero-order valence-corrected chi connectivity index (χ0v) is 14.2. The normalized spacial score (nSPS) is 26.0. The second-order valence-corrected chi connectivity index (χ2v) is 7.61. The first-order valence-electron chi connectivity index (χ1n) is 8.74. The Morgan fingerprint density at radius 3 is 2.50 bits per heavy atom. The predicted molar refractivity (Wildman–Crippen MR) is 89.8 cm³/mol. The van der Waals surface area contributed by atoms with Crippen LogP contribution in [-0.2, 0) is 20.6 Å². The van der Waals surface area contributed by atoms with Crippen molar-refractivity contribution >= 4 is 11.2 Å². The van der Waals surface area contributed by atoms with Crippen LogP contribution in [0.15, 0.2) is 15.9 Å². The molecule has 130 valence electrons. The van der Waals surface area contributed by atoms with Crippen molar-refractivity contribution in [3.05, 3.63) is 27.2 Å². The van der Waals surface area contributed by atoms with Gasteiger partial charge in [-0.25, -0.2) is 9.78 Å². The fraction of sp³-hybridized carbons (Fsp3) is 0.706. The molecular formula is C17H24N4O3. The lowest BCUT2D eigenvalue weighted by molar-refractivity contribution is 0.0488. The van der Waals surface area contributed by atoms with E-state index in [1.165, 1.54) is 9.13 Å². The fourth-order valence-corrected chi connectivity index (χ4v) is 4.23. The molecule has 0 atom stereocenters. The highest BCUT2D eigenvalue weighted by atomic mass is 16.3. The molecule has 2 aromatic rings. The number of fused-ring (bicyclic) bond motifs is 1. The quantitative estimate of drug-likeness (QED) is 0.900. The van der Waals surface area contributed by atoms with Crippen LogP contribution in [0.3, 0.4) is 0 Å². The van der Waals surface area contributed by atoms with Crippen molar-refractivity contribution in [3.8, 4) is 0 Å². The third kappa shape index (κ3) is 2.33. The van der Waals surface area contributed by atoms with Crippen molar-refractivity contribution in [2.24, 2.45) is 25.9 Å². The van der Waals surface area contributed by atoms with E-state index in [1.807, 2.05) is 0 Å². The van der Waals surface area contributed by atoms with Crippen molar-refractivity contribution in [2.45, 2.75) is 50.7 Å². The van der Waals surface area contributed by atoms with Crippen LogP contribution in [0.2, 0.25) is 0 Å². The molecule has 1 N–H and O–H groups in total. The van der Waals surface area contributed by atoms with E-state index in [-0.39, 0.29) is 11.2 Å². The third-order valence-corrected chi connectivity index (χ3v) is 6.01. The molecule has 0 unspecified atom stereocenters. The molecule has 2 aliphatic rings. The van der Waals surface area contributed by atoms with E-state index in [0.717, 1.165) is 38.5 Å². The van der Waals surface area contributed by atoms with Gasteiger partial charge in [0.15, 0.2) is 11.2 Å². The summed E-state index contributed by atoms with van der Waals surface area (Å²) in [6.45, 7) is 0.456. The Hall–Kier alpha value is -1.89. The van der Waals surface area contributed by atoms with Gasteiger partial charge in [0, 0.05) is 20.6 Å². The number of aromatic nitrogens is 4. The predicted octanol–water partition coefficient (Wildman–Crippen LogP) is 0.765. The van der Waals surface area contributed by atoms with E-state index in [4.69, 9.17) is 0 Å². The fourth-order valence-electron chi connectivity index (χ4n) is 4.23. The summed E-state index contributed by atoms with van der Waals surface area (Å²) in [5, 5.41) is 10.3. The molecule has 4 rings (SSSR count). The van der Waals surface area contributed by atoms with Gasteiger partial charge in [0.1, 0.15) is 0 Å². The molecule has 24 heavy (non-hydrogen) atoms. The summed E-state index contributed by atoms with van der Waals surface area (Å²) in [5.41, 5.74) is -0.0577. The van der Waals surface area contributed by atoms with Crippen LogP contribution in [0, 0.1) is 11.8 Å². The third-order valence-electron chi connectivity index (χ3n) is 6.01. The number of hydrogen-bond donors (Lipinski definition) is 1. The topological polar surface area (TPSA) is 82.1 Å². The lowest BCUT2D eigenvalue weighted by Gasteiger charge is -2.31. The van der Waals surface area contributed by atoms with Gasteiger partial charge in [0.25, 0.3) is 5.56 Å². The van der Waals surface area contributed by atoms with Crippen molar-refractivity contribution in [3.63, 3.8) is 0 Å². The summed E-state index contributed by atoms with van der Waals surface area (Å²) in [4.78, 5) is 29.5. The molecule has 0 aliphatic heterocycles. The first-order chi connectivity index (χ1) is 11.4. The second kappa shape index (κ2) is 5.31. The Morgan fingerprint density at radius 1 is 1.21 bits per heavy atom. The number of aliphatic hydroxyl groups is 1. The molecule has 0 bridgehead atoms.